The summed E-state index contributed by atoms with van der Waals surface area (Å²) in [5.41, 5.74) is 2.19. The van der Waals surface area contributed by atoms with Gasteiger partial charge < -0.3 is 15.0 Å². The highest BCUT2D eigenvalue weighted by atomic mass is 16.5. The van der Waals surface area contributed by atoms with Gasteiger partial charge in [0.05, 0.1) is 31.1 Å². The van der Waals surface area contributed by atoms with Crippen molar-refractivity contribution in [2.75, 3.05) is 19.8 Å². The molecule has 3 rings (SSSR count). The van der Waals surface area contributed by atoms with E-state index >= 15 is 0 Å². The van der Waals surface area contributed by atoms with Crippen molar-refractivity contribution in [2.24, 2.45) is 5.92 Å². The summed E-state index contributed by atoms with van der Waals surface area (Å²) in [4.78, 5) is 14.0. The van der Waals surface area contributed by atoms with Crippen molar-refractivity contribution in [1.82, 2.24) is 20.0 Å². The number of nitrogens with zero attached hydrogens (tertiary/aromatic N) is 3. The minimum atomic E-state index is 0.0583. The summed E-state index contributed by atoms with van der Waals surface area (Å²) < 4.78 is 7.39. The Morgan fingerprint density at radius 3 is 3.10 bits per heavy atom. The monoisotopic (exact) mass is 292 g/mol. The minimum absolute atomic E-state index is 0.0583. The van der Waals surface area contributed by atoms with Crippen LogP contribution >= 0.6 is 0 Å². The van der Waals surface area contributed by atoms with Crippen molar-refractivity contribution < 1.29 is 9.53 Å². The molecule has 0 radical (unpaired) electrons. The van der Waals surface area contributed by atoms with Crippen LogP contribution in [0.2, 0.25) is 0 Å². The molecule has 0 bridgehead atoms. The van der Waals surface area contributed by atoms with E-state index in [0.717, 1.165) is 50.7 Å². The van der Waals surface area contributed by atoms with Crippen molar-refractivity contribution in [3.8, 4) is 0 Å². The smallest absolute Gasteiger partial charge is 0.225 e. The zero-order chi connectivity index (χ0) is 14.8. The first kappa shape index (κ1) is 14.5. The van der Waals surface area contributed by atoms with Gasteiger partial charge in [0.15, 0.2) is 0 Å². The van der Waals surface area contributed by atoms with Crippen LogP contribution in [-0.2, 0) is 29.2 Å². The molecular formula is C15H24N4O2. The summed E-state index contributed by atoms with van der Waals surface area (Å²) in [6.07, 6.45) is 1.07. The number of ether oxygens (including phenoxy) is 1. The third kappa shape index (κ3) is 3.27. The highest BCUT2D eigenvalue weighted by molar-refractivity contribution is 5.78. The van der Waals surface area contributed by atoms with E-state index in [2.05, 4.69) is 16.5 Å². The molecule has 6 heteroatoms. The van der Waals surface area contributed by atoms with Crippen LogP contribution in [0.25, 0.3) is 0 Å². The number of carbonyl (C=O) groups is 1. The van der Waals surface area contributed by atoms with Crippen LogP contribution in [0, 0.1) is 5.92 Å². The van der Waals surface area contributed by atoms with Gasteiger partial charge in [0, 0.05) is 31.7 Å². The first-order valence-corrected chi connectivity index (χ1v) is 7.79. The number of hydrogen-bond acceptors (Lipinski definition) is 4. The molecule has 2 aliphatic rings. The largest absolute Gasteiger partial charge is 0.380 e. The molecule has 0 aliphatic carbocycles. The molecule has 1 fully saturated rings. The molecule has 1 aromatic heterocycles. The minimum Gasteiger partial charge on any atom is -0.380 e. The van der Waals surface area contributed by atoms with Gasteiger partial charge in [-0.1, -0.05) is 13.8 Å². The maximum absolute atomic E-state index is 12.1. The predicted molar refractivity (Wildman–Crippen MR) is 78.5 cm³/mol. The normalized spacial score (nSPS) is 21.9. The number of aromatic nitrogens is 2. The first-order chi connectivity index (χ1) is 10.1. The Morgan fingerprint density at radius 1 is 1.52 bits per heavy atom. The number of nitrogens with one attached hydrogen (secondary N) is 1. The second-order valence-corrected chi connectivity index (χ2v) is 6.21. The molecular weight excluding hydrogens is 268 g/mol. The number of amides is 1. The van der Waals surface area contributed by atoms with E-state index in [1.165, 1.54) is 0 Å². The standard InChI is InChI=1S/C15H24N4O2/c1-11(2)15(20)18-4-5-19-14(9-18)7-13(17-19)8-16-12-3-6-21-10-12/h7,11-12,16H,3-6,8-10H2,1-2H3/t12-/m0/s1. The van der Waals surface area contributed by atoms with Crippen LogP contribution in [0.4, 0.5) is 0 Å². The Labute approximate surface area is 125 Å². The summed E-state index contributed by atoms with van der Waals surface area (Å²) in [6.45, 7) is 8.55. The molecule has 1 amide bonds. The number of rotatable bonds is 4. The molecule has 2 aliphatic heterocycles. The van der Waals surface area contributed by atoms with E-state index in [-0.39, 0.29) is 11.8 Å². The maximum Gasteiger partial charge on any atom is 0.225 e. The van der Waals surface area contributed by atoms with Crippen molar-refractivity contribution in [1.29, 1.82) is 0 Å². The predicted octanol–water partition coefficient (Wildman–Crippen LogP) is 0.760. The average Bonchev–Trinajstić information content (AvgIpc) is 3.12. The van der Waals surface area contributed by atoms with Crippen LogP contribution in [0.15, 0.2) is 6.07 Å². The van der Waals surface area contributed by atoms with Gasteiger partial charge >= 0.3 is 0 Å². The third-order valence-corrected chi connectivity index (χ3v) is 4.16. The van der Waals surface area contributed by atoms with E-state index in [1.807, 2.05) is 23.4 Å². The lowest BCUT2D eigenvalue weighted by molar-refractivity contribution is -0.136. The SMILES string of the molecule is CC(C)C(=O)N1CCn2nc(CN[C@H]3CCOC3)cc2C1. The van der Waals surface area contributed by atoms with Crippen LogP contribution in [-0.4, -0.2) is 46.4 Å². The van der Waals surface area contributed by atoms with Gasteiger partial charge in [-0.25, -0.2) is 0 Å². The second kappa shape index (κ2) is 6.15. The summed E-state index contributed by atoms with van der Waals surface area (Å²) >= 11 is 0. The second-order valence-electron chi connectivity index (χ2n) is 6.21. The first-order valence-electron chi connectivity index (χ1n) is 7.79. The van der Waals surface area contributed by atoms with Crippen molar-refractivity contribution in [2.45, 2.75) is 45.9 Å². The Bertz CT molecular complexity index is 506. The van der Waals surface area contributed by atoms with E-state index in [4.69, 9.17) is 4.74 Å². The van der Waals surface area contributed by atoms with E-state index in [1.54, 1.807) is 0 Å². The lowest BCUT2D eigenvalue weighted by atomic mass is 10.1. The van der Waals surface area contributed by atoms with Crippen molar-refractivity contribution in [3.63, 3.8) is 0 Å². The highest BCUT2D eigenvalue weighted by Gasteiger charge is 2.24. The zero-order valence-corrected chi connectivity index (χ0v) is 12.8. The topological polar surface area (TPSA) is 59.4 Å². The summed E-state index contributed by atoms with van der Waals surface area (Å²) in [5, 5.41) is 8.10. The quantitative estimate of drug-likeness (QED) is 0.890. The molecule has 6 nitrogen and oxygen atoms in total. The Balaban J connectivity index is 1.60. The summed E-state index contributed by atoms with van der Waals surface area (Å²) in [7, 11) is 0. The Morgan fingerprint density at radius 2 is 2.38 bits per heavy atom. The van der Waals surface area contributed by atoms with E-state index in [9.17, 15) is 4.79 Å². The number of hydrogen-bond donors (Lipinski definition) is 1. The zero-order valence-electron chi connectivity index (χ0n) is 12.8. The van der Waals surface area contributed by atoms with Crippen molar-refractivity contribution >= 4 is 5.91 Å². The van der Waals surface area contributed by atoms with Crippen LogP contribution < -0.4 is 5.32 Å². The molecule has 0 unspecified atom stereocenters. The molecule has 0 aromatic carbocycles. The lowest BCUT2D eigenvalue weighted by Crippen LogP contribution is -2.40. The van der Waals surface area contributed by atoms with Gasteiger partial charge in [-0.2, -0.15) is 5.10 Å². The van der Waals surface area contributed by atoms with E-state index in [0.29, 0.717) is 12.6 Å². The van der Waals surface area contributed by atoms with Crippen LogP contribution in [0.5, 0.6) is 0 Å². The molecule has 1 atom stereocenters. The third-order valence-electron chi connectivity index (χ3n) is 4.16. The van der Waals surface area contributed by atoms with Gasteiger partial charge in [-0.15, -0.1) is 0 Å². The van der Waals surface area contributed by atoms with Crippen molar-refractivity contribution in [3.05, 3.63) is 17.5 Å². The highest BCUT2D eigenvalue weighted by Crippen LogP contribution is 2.16. The molecule has 0 saturated carbocycles. The number of fused-ring (bicyclic) bond motifs is 1. The molecule has 21 heavy (non-hydrogen) atoms. The molecule has 116 valence electrons. The van der Waals surface area contributed by atoms with Crippen LogP contribution in [0.1, 0.15) is 31.7 Å². The molecule has 3 heterocycles. The summed E-state index contributed by atoms with van der Waals surface area (Å²) in [6, 6.07) is 2.56. The fraction of sp³-hybridized carbons (Fsp3) is 0.733. The maximum atomic E-state index is 12.1. The molecule has 1 saturated heterocycles. The van der Waals surface area contributed by atoms with Gasteiger partial charge in [0.2, 0.25) is 5.91 Å². The number of carbonyl (C=O) groups excluding carboxylic acids is 1. The lowest BCUT2D eigenvalue weighted by Gasteiger charge is -2.29. The molecule has 1 aromatic rings. The fourth-order valence-corrected chi connectivity index (χ4v) is 2.91. The van der Waals surface area contributed by atoms with Crippen LogP contribution in [0.3, 0.4) is 0 Å². The fourth-order valence-electron chi connectivity index (χ4n) is 2.91. The van der Waals surface area contributed by atoms with E-state index < -0.39 is 0 Å². The Hall–Kier alpha value is -1.40. The van der Waals surface area contributed by atoms with Gasteiger partial charge in [-0.05, 0) is 12.5 Å². The van der Waals surface area contributed by atoms with Gasteiger partial charge in [-0.3, -0.25) is 9.48 Å². The average molecular weight is 292 g/mol. The summed E-state index contributed by atoms with van der Waals surface area (Å²) in [5.74, 6) is 0.285. The molecule has 0 spiro atoms. The van der Waals surface area contributed by atoms with Gasteiger partial charge in [0.25, 0.3) is 0 Å². The Kier molecular flexibility index (Phi) is 4.26. The molecule has 1 N–H and O–H groups in total. The van der Waals surface area contributed by atoms with Gasteiger partial charge in [0.1, 0.15) is 0 Å².